The van der Waals surface area contributed by atoms with E-state index in [1.165, 1.54) is 11.1 Å². The fourth-order valence-corrected chi connectivity index (χ4v) is 1.70. The molecular weight excluding hydrogens is 232 g/mol. The Morgan fingerprint density at radius 1 is 1.50 bits per heavy atom. The Bertz CT molecular complexity index is 356. The van der Waals surface area contributed by atoms with E-state index in [0.29, 0.717) is 12.3 Å². The molecular formula is C13H22N2O3. The summed E-state index contributed by atoms with van der Waals surface area (Å²) in [4.78, 5) is 25.2. The van der Waals surface area contributed by atoms with Gasteiger partial charge in [-0.1, -0.05) is 13.8 Å². The summed E-state index contributed by atoms with van der Waals surface area (Å²) in [5, 5.41) is 2.62. The number of nitrogens with zero attached hydrogens (tertiary/aromatic N) is 1. The fraction of sp³-hybridized carbons (Fsp3) is 0.692. The molecule has 0 radical (unpaired) electrons. The van der Waals surface area contributed by atoms with Crippen molar-refractivity contribution in [2.24, 2.45) is 5.92 Å². The van der Waals surface area contributed by atoms with Crippen molar-refractivity contribution in [3.63, 3.8) is 0 Å². The van der Waals surface area contributed by atoms with Crippen LogP contribution in [0, 0.1) is 5.92 Å². The molecule has 102 valence electrons. The van der Waals surface area contributed by atoms with Crippen molar-refractivity contribution in [3.8, 4) is 0 Å². The van der Waals surface area contributed by atoms with Crippen LogP contribution in [0.4, 0.5) is 4.79 Å². The Morgan fingerprint density at radius 2 is 2.11 bits per heavy atom. The zero-order chi connectivity index (χ0) is 13.9. The zero-order valence-corrected chi connectivity index (χ0v) is 11.7. The van der Waals surface area contributed by atoms with Crippen LogP contribution in [0.5, 0.6) is 0 Å². The summed E-state index contributed by atoms with van der Waals surface area (Å²) in [6.45, 7) is 9.43. The number of carbonyl (C=O) groups excluding carboxylic acids is 2. The standard InChI is InChI=1S/C13H22N2O3/c1-9(2)8-10-11(16)14-6-7-15(10)12(17)18-13(3,4)5/h6-7,9-10H,8H2,1-5H3,(H,14,16). The molecule has 0 aromatic carbocycles. The Balaban J connectivity index is 2.82. The summed E-state index contributed by atoms with van der Waals surface area (Å²) >= 11 is 0. The van der Waals surface area contributed by atoms with Crippen molar-refractivity contribution >= 4 is 12.0 Å². The van der Waals surface area contributed by atoms with Gasteiger partial charge in [0.25, 0.3) is 0 Å². The van der Waals surface area contributed by atoms with Gasteiger partial charge in [0.15, 0.2) is 0 Å². The molecule has 0 bridgehead atoms. The third kappa shape index (κ3) is 4.05. The smallest absolute Gasteiger partial charge is 0.415 e. The van der Waals surface area contributed by atoms with Crippen molar-refractivity contribution in [1.29, 1.82) is 0 Å². The molecule has 1 heterocycles. The Morgan fingerprint density at radius 3 is 2.61 bits per heavy atom. The van der Waals surface area contributed by atoms with Crippen LogP contribution in [0.3, 0.4) is 0 Å². The number of hydrogen-bond acceptors (Lipinski definition) is 3. The van der Waals surface area contributed by atoms with Gasteiger partial charge >= 0.3 is 6.09 Å². The first-order valence-electron chi connectivity index (χ1n) is 6.19. The second kappa shape index (κ2) is 5.42. The molecule has 1 aliphatic rings. The predicted molar refractivity (Wildman–Crippen MR) is 68.6 cm³/mol. The van der Waals surface area contributed by atoms with Crippen LogP contribution in [0.1, 0.15) is 41.0 Å². The largest absolute Gasteiger partial charge is 0.443 e. The number of nitrogens with one attached hydrogen (secondary N) is 1. The number of rotatable bonds is 2. The van der Waals surface area contributed by atoms with Gasteiger partial charge < -0.3 is 10.1 Å². The third-order valence-electron chi connectivity index (χ3n) is 2.40. The molecule has 18 heavy (non-hydrogen) atoms. The summed E-state index contributed by atoms with van der Waals surface area (Å²) in [6, 6.07) is -0.496. The lowest BCUT2D eigenvalue weighted by Gasteiger charge is -2.33. The van der Waals surface area contributed by atoms with Gasteiger partial charge in [0, 0.05) is 12.4 Å². The molecule has 1 N–H and O–H groups in total. The van der Waals surface area contributed by atoms with Crippen LogP contribution in [0.2, 0.25) is 0 Å². The van der Waals surface area contributed by atoms with E-state index >= 15 is 0 Å². The molecule has 0 aromatic heterocycles. The Kier molecular flexibility index (Phi) is 4.38. The highest BCUT2D eigenvalue weighted by atomic mass is 16.6. The van der Waals surface area contributed by atoms with Crippen molar-refractivity contribution < 1.29 is 14.3 Å². The van der Waals surface area contributed by atoms with Crippen LogP contribution in [-0.2, 0) is 9.53 Å². The average Bonchev–Trinajstić information content (AvgIpc) is 2.17. The van der Waals surface area contributed by atoms with E-state index in [0.717, 1.165) is 0 Å². The molecule has 1 unspecified atom stereocenters. The van der Waals surface area contributed by atoms with E-state index in [4.69, 9.17) is 4.74 Å². The van der Waals surface area contributed by atoms with E-state index < -0.39 is 17.7 Å². The molecule has 5 heteroatoms. The van der Waals surface area contributed by atoms with Crippen LogP contribution in [0.25, 0.3) is 0 Å². The van der Waals surface area contributed by atoms with E-state index in [1.54, 1.807) is 27.0 Å². The summed E-state index contributed by atoms with van der Waals surface area (Å²) in [6.07, 6.45) is 3.14. The van der Waals surface area contributed by atoms with Gasteiger partial charge in [0.1, 0.15) is 11.6 Å². The van der Waals surface area contributed by atoms with Gasteiger partial charge in [-0.05, 0) is 33.1 Å². The third-order valence-corrected chi connectivity index (χ3v) is 2.40. The second-order valence-corrected chi connectivity index (χ2v) is 5.86. The highest BCUT2D eigenvalue weighted by Gasteiger charge is 2.33. The number of hydrogen-bond donors (Lipinski definition) is 1. The minimum absolute atomic E-state index is 0.169. The van der Waals surface area contributed by atoms with Gasteiger partial charge in [0.2, 0.25) is 5.91 Å². The maximum Gasteiger partial charge on any atom is 0.415 e. The first-order valence-corrected chi connectivity index (χ1v) is 6.19. The molecule has 0 aromatic rings. The normalized spacial score (nSPS) is 20.0. The van der Waals surface area contributed by atoms with Crippen LogP contribution in [0.15, 0.2) is 12.4 Å². The van der Waals surface area contributed by atoms with E-state index in [-0.39, 0.29) is 5.91 Å². The minimum atomic E-state index is -0.568. The van der Waals surface area contributed by atoms with E-state index in [2.05, 4.69) is 5.32 Å². The summed E-state index contributed by atoms with van der Waals surface area (Å²) in [7, 11) is 0. The molecule has 2 amide bonds. The lowest BCUT2D eigenvalue weighted by atomic mass is 10.0. The SMILES string of the molecule is CC(C)CC1C(=O)NC=CN1C(=O)OC(C)(C)C. The molecule has 1 rings (SSSR count). The monoisotopic (exact) mass is 254 g/mol. The quantitative estimate of drug-likeness (QED) is 0.822. The first-order chi connectivity index (χ1) is 8.20. The molecule has 0 fully saturated rings. The first kappa shape index (κ1) is 14.5. The number of amides is 2. The molecule has 0 saturated carbocycles. The fourth-order valence-electron chi connectivity index (χ4n) is 1.70. The van der Waals surface area contributed by atoms with Crippen molar-refractivity contribution in [2.45, 2.75) is 52.7 Å². The molecule has 0 saturated heterocycles. The van der Waals surface area contributed by atoms with Gasteiger partial charge in [0.05, 0.1) is 0 Å². The predicted octanol–water partition coefficient (Wildman–Crippen LogP) is 2.24. The second-order valence-electron chi connectivity index (χ2n) is 5.86. The van der Waals surface area contributed by atoms with Gasteiger partial charge in [-0.3, -0.25) is 9.69 Å². The minimum Gasteiger partial charge on any atom is -0.443 e. The highest BCUT2D eigenvalue weighted by Crippen LogP contribution is 2.18. The number of carbonyl (C=O) groups is 2. The Hall–Kier alpha value is -1.52. The maximum atomic E-state index is 12.0. The molecule has 5 nitrogen and oxygen atoms in total. The zero-order valence-electron chi connectivity index (χ0n) is 11.7. The average molecular weight is 254 g/mol. The summed E-state index contributed by atoms with van der Waals surface area (Å²) < 4.78 is 5.29. The maximum absolute atomic E-state index is 12.0. The molecule has 1 aliphatic heterocycles. The van der Waals surface area contributed by atoms with Crippen molar-refractivity contribution in [2.75, 3.05) is 0 Å². The van der Waals surface area contributed by atoms with Crippen LogP contribution in [-0.4, -0.2) is 28.5 Å². The topological polar surface area (TPSA) is 58.6 Å². The summed E-state index contributed by atoms with van der Waals surface area (Å²) in [5.41, 5.74) is -0.568. The highest BCUT2D eigenvalue weighted by molar-refractivity contribution is 5.88. The van der Waals surface area contributed by atoms with Crippen molar-refractivity contribution in [3.05, 3.63) is 12.4 Å². The van der Waals surface area contributed by atoms with Crippen molar-refractivity contribution in [1.82, 2.24) is 10.2 Å². The van der Waals surface area contributed by atoms with Gasteiger partial charge in [-0.2, -0.15) is 0 Å². The van der Waals surface area contributed by atoms with E-state index in [9.17, 15) is 9.59 Å². The van der Waals surface area contributed by atoms with Gasteiger partial charge in [-0.15, -0.1) is 0 Å². The molecule has 0 aliphatic carbocycles. The van der Waals surface area contributed by atoms with E-state index in [1.807, 2.05) is 13.8 Å². The van der Waals surface area contributed by atoms with Gasteiger partial charge in [-0.25, -0.2) is 4.79 Å². The Labute approximate surface area is 108 Å². The number of ether oxygens (including phenoxy) is 1. The molecule has 1 atom stereocenters. The lowest BCUT2D eigenvalue weighted by Crippen LogP contribution is -2.50. The van der Waals surface area contributed by atoms with Crippen LogP contribution >= 0.6 is 0 Å². The lowest BCUT2D eigenvalue weighted by molar-refractivity contribution is -0.125. The molecule has 0 spiro atoms. The summed E-state index contributed by atoms with van der Waals surface area (Å²) in [5.74, 6) is 0.147. The van der Waals surface area contributed by atoms with Crippen LogP contribution < -0.4 is 5.32 Å².